The highest BCUT2D eigenvalue weighted by Crippen LogP contribution is 2.65. The van der Waals surface area contributed by atoms with Crippen molar-refractivity contribution in [3.8, 4) is 5.75 Å². The van der Waals surface area contributed by atoms with Crippen molar-refractivity contribution in [1.82, 2.24) is 0 Å². The normalized spacial score (nSPS) is 31.3. The molecule has 0 aliphatic heterocycles. The van der Waals surface area contributed by atoms with E-state index in [1.54, 1.807) is 39.0 Å². The number of phenolic OH excluding ortho intramolecular Hbond substituents is 1. The van der Waals surface area contributed by atoms with E-state index in [0.29, 0.717) is 16.7 Å². The molecule has 0 unspecified atom stereocenters. The van der Waals surface area contributed by atoms with Crippen LogP contribution >= 0.6 is 0 Å². The van der Waals surface area contributed by atoms with Gasteiger partial charge in [-0.15, -0.1) is 0 Å². The Morgan fingerprint density at radius 1 is 1.02 bits per heavy atom. The van der Waals surface area contributed by atoms with Crippen LogP contribution < -0.4 is 0 Å². The lowest BCUT2D eigenvalue weighted by Crippen LogP contribution is -2.73. The lowest BCUT2D eigenvalue weighted by atomic mass is 9.43. The van der Waals surface area contributed by atoms with Crippen molar-refractivity contribution in [2.75, 3.05) is 0 Å². The molecule has 0 spiro atoms. The molecule has 2 aromatic rings. The second kappa shape index (κ2) is 9.36. The molecule has 4 N–H and O–H groups in total. The minimum absolute atomic E-state index is 0.0166. The fraction of sp³-hybridized carbons (Fsp3) is 0.382. The summed E-state index contributed by atoms with van der Waals surface area (Å²) >= 11 is 0. The average molecular weight is 557 g/mol. The third kappa shape index (κ3) is 3.61. The molecule has 0 bridgehead atoms. The minimum atomic E-state index is -2.77. The molecule has 214 valence electrons. The van der Waals surface area contributed by atoms with Crippen molar-refractivity contribution in [2.24, 2.45) is 10.8 Å². The Morgan fingerprint density at radius 2 is 1.66 bits per heavy atom. The zero-order valence-corrected chi connectivity index (χ0v) is 24.2. The van der Waals surface area contributed by atoms with Crippen LogP contribution in [-0.2, 0) is 20.8 Å². The molecule has 41 heavy (non-hydrogen) atoms. The number of Topliss-reactive ketones (excluding diaryl/α,β-unsaturated/α-hetero) is 3. The highest BCUT2D eigenvalue weighted by molar-refractivity contribution is 6.33. The number of aromatic hydroxyl groups is 1. The third-order valence-corrected chi connectivity index (χ3v) is 9.98. The Balaban J connectivity index is 1.69. The molecule has 0 heterocycles. The maximum Gasteiger partial charge on any atom is 0.206 e. The molecule has 1 saturated carbocycles. The molecular formula is C34H36O7. The van der Waals surface area contributed by atoms with Crippen LogP contribution in [0.3, 0.4) is 0 Å². The van der Waals surface area contributed by atoms with Crippen LogP contribution in [-0.4, -0.2) is 49.5 Å². The van der Waals surface area contributed by atoms with Crippen LogP contribution in [0.15, 0.2) is 53.1 Å². The summed E-state index contributed by atoms with van der Waals surface area (Å²) in [6.45, 7) is 9.75. The van der Waals surface area contributed by atoms with Crippen LogP contribution in [0.1, 0.15) is 81.7 Å². The van der Waals surface area contributed by atoms with Gasteiger partial charge in [-0.25, -0.2) is 0 Å². The number of hydrogen-bond acceptors (Lipinski definition) is 7. The van der Waals surface area contributed by atoms with Gasteiger partial charge in [-0.3, -0.25) is 14.4 Å². The maximum atomic E-state index is 14.3. The Kier molecular flexibility index (Phi) is 6.56. The maximum absolute atomic E-state index is 14.3. The third-order valence-electron chi connectivity index (χ3n) is 9.98. The van der Waals surface area contributed by atoms with Crippen LogP contribution in [0.5, 0.6) is 5.75 Å². The molecule has 0 radical (unpaired) electrons. The van der Waals surface area contributed by atoms with Gasteiger partial charge in [0.25, 0.3) is 0 Å². The van der Waals surface area contributed by atoms with Crippen LogP contribution in [0.2, 0.25) is 0 Å². The Labute approximate surface area is 239 Å². The molecule has 0 saturated heterocycles. The van der Waals surface area contributed by atoms with E-state index in [1.807, 2.05) is 30.3 Å². The standard InChI is InChI=1S/C34H36O7/c1-7-20-8-10-21(11-9-20)12-13-22-14-15-23-18(3)33(6)26(28(37)25(23)27(22)36)30(39)34(41)29(38)24(19(4)35)17(2)16-32(34,5)31(33)40/h8-15,18,31,36-37,40-41H,7,16H2,1-6H3/b13-12+/t18-,31+,32+,33+,34+/m1/s1. The lowest BCUT2D eigenvalue weighted by Gasteiger charge is -2.61. The van der Waals surface area contributed by atoms with E-state index in [0.717, 1.165) is 12.0 Å². The van der Waals surface area contributed by atoms with Gasteiger partial charge in [-0.1, -0.05) is 81.8 Å². The number of benzene rings is 2. The zero-order chi connectivity index (χ0) is 30.2. The van der Waals surface area contributed by atoms with Crippen molar-refractivity contribution < 1.29 is 34.8 Å². The number of hydrogen-bond donors (Lipinski definition) is 4. The summed E-state index contributed by atoms with van der Waals surface area (Å²) in [5, 5.41) is 46.9. The minimum Gasteiger partial charge on any atom is -0.507 e. The fourth-order valence-electron chi connectivity index (χ4n) is 7.42. The molecular weight excluding hydrogens is 520 g/mol. The highest BCUT2D eigenvalue weighted by Gasteiger charge is 2.74. The Morgan fingerprint density at radius 3 is 2.24 bits per heavy atom. The number of rotatable bonds is 4. The Bertz CT molecular complexity index is 1610. The predicted octanol–water partition coefficient (Wildman–Crippen LogP) is 5.08. The number of allylic oxidation sites excluding steroid dienone is 1. The number of aliphatic hydroxyl groups excluding tert-OH is 2. The van der Waals surface area contributed by atoms with E-state index in [1.165, 1.54) is 19.4 Å². The molecule has 0 aromatic heterocycles. The molecule has 7 heteroatoms. The predicted molar refractivity (Wildman–Crippen MR) is 156 cm³/mol. The first kappa shape index (κ1) is 28.7. The fourth-order valence-corrected chi connectivity index (χ4v) is 7.42. The van der Waals surface area contributed by atoms with E-state index in [-0.39, 0.29) is 28.9 Å². The molecule has 7 nitrogen and oxygen atoms in total. The summed E-state index contributed by atoms with van der Waals surface area (Å²) in [6, 6.07) is 11.4. The number of ketones is 3. The van der Waals surface area contributed by atoms with E-state index in [9.17, 15) is 34.8 Å². The first-order chi connectivity index (χ1) is 19.2. The molecule has 5 atom stereocenters. The first-order valence-corrected chi connectivity index (χ1v) is 13.9. The number of carbonyl (C=O) groups is 3. The lowest BCUT2D eigenvalue weighted by molar-refractivity contribution is -0.197. The van der Waals surface area contributed by atoms with E-state index in [2.05, 4.69) is 6.92 Å². The van der Waals surface area contributed by atoms with Gasteiger partial charge in [-0.05, 0) is 49.3 Å². The molecule has 3 aliphatic rings. The second-order valence-corrected chi connectivity index (χ2v) is 12.2. The average Bonchev–Trinajstić information content (AvgIpc) is 2.92. The summed E-state index contributed by atoms with van der Waals surface area (Å²) in [5.41, 5.74) is -3.00. The van der Waals surface area contributed by atoms with Gasteiger partial charge in [0.2, 0.25) is 11.6 Å². The quantitative estimate of drug-likeness (QED) is 0.235. The summed E-state index contributed by atoms with van der Waals surface area (Å²) in [4.78, 5) is 40.3. The molecule has 2 aromatic carbocycles. The topological polar surface area (TPSA) is 132 Å². The summed E-state index contributed by atoms with van der Waals surface area (Å²) in [5.74, 6) is -4.17. The van der Waals surface area contributed by atoms with Gasteiger partial charge in [0.15, 0.2) is 11.4 Å². The van der Waals surface area contributed by atoms with Crippen molar-refractivity contribution in [1.29, 1.82) is 0 Å². The summed E-state index contributed by atoms with van der Waals surface area (Å²) in [6.07, 6.45) is 2.92. The summed E-state index contributed by atoms with van der Waals surface area (Å²) in [7, 11) is 0. The number of phenols is 1. The Hall–Kier alpha value is -3.81. The van der Waals surface area contributed by atoms with Crippen LogP contribution in [0, 0.1) is 10.8 Å². The van der Waals surface area contributed by atoms with Gasteiger partial charge in [0.1, 0.15) is 11.5 Å². The van der Waals surface area contributed by atoms with E-state index in [4.69, 9.17) is 0 Å². The largest absolute Gasteiger partial charge is 0.507 e. The van der Waals surface area contributed by atoms with Crippen molar-refractivity contribution >= 4 is 35.3 Å². The molecule has 1 fully saturated rings. The van der Waals surface area contributed by atoms with Gasteiger partial charge >= 0.3 is 0 Å². The monoisotopic (exact) mass is 556 g/mol. The number of aliphatic hydroxyl groups is 3. The summed E-state index contributed by atoms with van der Waals surface area (Å²) < 4.78 is 0. The van der Waals surface area contributed by atoms with Gasteiger partial charge in [0.05, 0.1) is 22.8 Å². The number of aryl methyl sites for hydroxylation is 1. The molecule has 5 rings (SSSR count). The van der Waals surface area contributed by atoms with Crippen LogP contribution in [0.4, 0.5) is 0 Å². The smallest absolute Gasteiger partial charge is 0.206 e. The van der Waals surface area contributed by atoms with Crippen molar-refractivity contribution in [3.63, 3.8) is 0 Å². The van der Waals surface area contributed by atoms with Gasteiger partial charge in [-0.2, -0.15) is 0 Å². The van der Waals surface area contributed by atoms with Crippen LogP contribution in [0.25, 0.3) is 17.9 Å². The van der Waals surface area contributed by atoms with Gasteiger partial charge in [0, 0.05) is 16.4 Å². The van der Waals surface area contributed by atoms with E-state index < -0.39 is 51.6 Å². The van der Waals surface area contributed by atoms with Gasteiger partial charge < -0.3 is 20.4 Å². The van der Waals surface area contributed by atoms with Crippen molar-refractivity contribution in [3.05, 3.63) is 80.9 Å². The first-order valence-electron chi connectivity index (χ1n) is 13.9. The van der Waals surface area contributed by atoms with Crippen molar-refractivity contribution in [2.45, 2.75) is 72.0 Å². The second-order valence-electron chi connectivity index (χ2n) is 12.2. The highest BCUT2D eigenvalue weighted by atomic mass is 16.3. The molecule has 0 amide bonds. The number of fused-ring (bicyclic) bond motifs is 3. The zero-order valence-electron chi connectivity index (χ0n) is 24.2. The molecule has 3 aliphatic carbocycles. The van der Waals surface area contributed by atoms with E-state index >= 15 is 0 Å². The SMILES string of the molecule is CCc1ccc(/C=C/c2ccc3c(c2O)C(O)=C2C(=O)[C@@]4(O)C(=O)C(C(C)=O)=C(C)C[C@@]4(C)[C@H](O)[C@@]2(C)[C@@H]3C)cc1. The number of carbonyl (C=O) groups excluding carboxylic acids is 3.